The molecule has 1 aromatic heterocycles. The first-order valence-corrected chi connectivity index (χ1v) is 5.86. The fourth-order valence-corrected chi connectivity index (χ4v) is 1.76. The molecule has 88 valence electrons. The van der Waals surface area contributed by atoms with Gasteiger partial charge in [0.1, 0.15) is 11.5 Å². The van der Waals surface area contributed by atoms with Crippen LogP contribution in [0.1, 0.15) is 18.5 Å². The summed E-state index contributed by atoms with van der Waals surface area (Å²) in [6, 6.07) is 9.23. The molecule has 0 aliphatic heterocycles. The van der Waals surface area contributed by atoms with Crippen LogP contribution in [0, 0.1) is 5.82 Å². The highest BCUT2D eigenvalue weighted by Gasteiger charge is 2.20. The van der Waals surface area contributed by atoms with Gasteiger partial charge in [0.15, 0.2) is 0 Å². The summed E-state index contributed by atoms with van der Waals surface area (Å²) in [7, 11) is 0. The van der Waals surface area contributed by atoms with Gasteiger partial charge in [-0.1, -0.05) is 12.1 Å². The van der Waals surface area contributed by atoms with Crippen LogP contribution in [0.4, 0.5) is 4.39 Å². The molecule has 0 unspecified atom stereocenters. The van der Waals surface area contributed by atoms with E-state index in [9.17, 15) is 4.39 Å². The number of nitrogens with zero attached hydrogens (tertiary/aromatic N) is 2. The number of rotatable bonds is 4. The first kappa shape index (κ1) is 10.5. The van der Waals surface area contributed by atoms with Crippen molar-refractivity contribution < 1.29 is 4.39 Å². The maximum atomic E-state index is 13.5. The van der Waals surface area contributed by atoms with Gasteiger partial charge in [0, 0.05) is 18.8 Å². The molecular weight excluding hydrogens is 217 g/mol. The molecule has 1 aliphatic carbocycles. The quantitative estimate of drug-likeness (QED) is 0.874. The second-order valence-electron chi connectivity index (χ2n) is 4.36. The first-order valence-electron chi connectivity index (χ1n) is 5.86. The van der Waals surface area contributed by atoms with Crippen LogP contribution in [-0.2, 0) is 6.54 Å². The lowest BCUT2D eigenvalue weighted by molar-refractivity contribution is 0.606. The molecule has 2 aromatic rings. The van der Waals surface area contributed by atoms with Crippen LogP contribution in [0.25, 0.3) is 5.69 Å². The van der Waals surface area contributed by atoms with Crippen LogP contribution in [0.5, 0.6) is 0 Å². The Kier molecular flexibility index (Phi) is 2.65. The highest BCUT2D eigenvalue weighted by molar-refractivity contribution is 5.32. The summed E-state index contributed by atoms with van der Waals surface area (Å²) in [5.41, 5.74) is 1.44. The van der Waals surface area contributed by atoms with Gasteiger partial charge in [0.05, 0.1) is 5.69 Å². The molecule has 0 amide bonds. The molecule has 3 nitrogen and oxygen atoms in total. The second kappa shape index (κ2) is 4.30. The minimum atomic E-state index is -0.252. The van der Waals surface area contributed by atoms with Gasteiger partial charge >= 0.3 is 0 Å². The maximum absolute atomic E-state index is 13.5. The monoisotopic (exact) mass is 231 g/mol. The molecular formula is C13H14FN3. The zero-order valence-electron chi connectivity index (χ0n) is 9.44. The molecule has 1 fully saturated rings. The SMILES string of the molecule is Fc1ccccc1-n1ccc(CNC2CC2)n1. The van der Waals surface area contributed by atoms with Crippen molar-refractivity contribution in [2.75, 3.05) is 0 Å². The minimum absolute atomic E-state index is 0.252. The van der Waals surface area contributed by atoms with Gasteiger partial charge in [-0.25, -0.2) is 9.07 Å². The van der Waals surface area contributed by atoms with Gasteiger partial charge in [-0.15, -0.1) is 0 Å². The predicted octanol–water partition coefficient (Wildman–Crippen LogP) is 2.26. The highest BCUT2D eigenvalue weighted by Crippen LogP contribution is 2.19. The molecule has 1 N–H and O–H groups in total. The molecule has 3 rings (SSSR count). The van der Waals surface area contributed by atoms with Crippen LogP contribution >= 0.6 is 0 Å². The average molecular weight is 231 g/mol. The predicted molar refractivity (Wildman–Crippen MR) is 63.4 cm³/mol. The number of hydrogen-bond donors (Lipinski definition) is 1. The van der Waals surface area contributed by atoms with Crippen molar-refractivity contribution in [3.63, 3.8) is 0 Å². The molecule has 0 saturated heterocycles. The van der Waals surface area contributed by atoms with E-state index in [1.165, 1.54) is 18.9 Å². The molecule has 1 heterocycles. The molecule has 0 spiro atoms. The van der Waals surface area contributed by atoms with Crippen molar-refractivity contribution in [3.8, 4) is 5.69 Å². The lowest BCUT2D eigenvalue weighted by Crippen LogP contribution is -2.15. The van der Waals surface area contributed by atoms with Gasteiger partial charge in [0.25, 0.3) is 0 Å². The summed E-state index contributed by atoms with van der Waals surface area (Å²) in [4.78, 5) is 0. The number of para-hydroxylation sites is 1. The Hall–Kier alpha value is -1.68. The van der Waals surface area contributed by atoms with E-state index >= 15 is 0 Å². The Morgan fingerprint density at radius 3 is 2.88 bits per heavy atom. The van der Waals surface area contributed by atoms with E-state index < -0.39 is 0 Å². The number of nitrogens with one attached hydrogen (secondary N) is 1. The molecule has 1 saturated carbocycles. The molecule has 0 bridgehead atoms. The molecule has 0 radical (unpaired) electrons. The van der Waals surface area contributed by atoms with Gasteiger partial charge in [-0.2, -0.15) is 5.10 Å². The van der Waals surface area contributed by atoms with E-state index in [1.54, 1.807) is 23.0 Å². The number of hydrogen-bond acceptors (Lipinski definition) is 2. The van der Waals surface area contributed by atoms with Crippen molar-refractivity contribution in [1.82, 2.24) is 15.1 Å². The first-order chi connectivity index (χ1) is 8.33. The third-order valence-corrected chi connectivity index (χ3v) is 2.89. The second-order valence-corrected chi connectivity index (χ2v) is 4.36. The van der Waals surface area contributed by atoms with Crippen molar-refractivity contribution in [1.29, 1.82) is 0 Å². The topological polar surface area (TPSA) is 29.9 Å². The number of benzene rings is 1. The van der Waals surface area contributed by atoms with Crippen LogP contribution < -0.4 is 5.32 Å². The van der Waals surface area contributed by atoms with Crippen LogP contribution in [-0.4, -0.2) is 15.8 Å². The van der Waals surface area contributed by atoms with Gasteiger partial charge in [-0.3, -0.25) is 0 Å². The minimum Gasteiger partial charge on any atom is -0.308 e. The Labute approximate surface area is 99.3 Å². The van der Waals surface area contributed by atoms with Gasteiger partial charge in [0.2, 0.25) is 0 Å². The van der Waals surface area contributed by atoms with E-state index in [0.29, 0.717) is 11.7 Å². The third kappa shape index (κ3) is 2.36. The Morgan fingerprint density at radius 1 is 1.29 bits per heavy atom. The average Bonchev–Trinajstić information content (AvgIpc) is 3.06. The summed E-state index contributed by atoms with van der Waals surface area (Å²) >= 11 is 0. The van der Waals surface area contributed by atoms with Crippen molar-refractivity contribution in [2.24, 2.45) is 0 Å². The highest BCUT2D eigenvalue weighted by atomic mass is 19.1. The smallest absolute Gasteiger partial charge is 0.148 e. The van der Waals surface area contributed by atoms with Crippen LogP contribution in [0.3, 0.4) is 0 Å². The normalized spacial score (nSPS) is 15.1. The Morgan fingerprint density at radius 2 is 2.12 bits per heavy atom. The summed E-state index contributed by atoms with van der Waals surface area (Å²) in [5, 5.41) is 7.74. The van der Waals surface area contributed by atoms with E-state index in [0.717, 1.165) is 12.2 Å². The van der Waals surface area contributed by atoms with Crippen molar-refractivity contribution >= 4 is 0 Å². The van der Waals surface area contributed by atoms with Crippen molar-refractivity contribution in [2.45, 2.75) is 25.4 Å². The van der Waals surface area contributed by atoms with Gasteiger partial charge < -0.3 is 5.32 Å². The Balaban J connectivity index is 1.77. The van der Waals surface area contributed by atoms with Gasteiger partial charge in [-0.05, 0) is 31.0 Å². The zero-order valence-corrected chi connectivity index (χ0v) is 9.44. The Bertz CT molecular complexity index is 517. The van der Waals surface area contributed by atoms with E-state index in [-0.39, 0.29) is 5.82 Å². The summed E-state index contributed by atoms with van der Waals surface area (Å²) < 4.78 is 15.1. The van der Waals surface area contributed by atoms with E-state index in [4.69, 9.17) is 0 Å². The fraction of sp³-hybridized carbons (Fsp3) is 0.308. The molecule has 4 heteroatoms. The summed E-state index contributed by atoms with van der Waals surface area (Å²) in [6.07, 6.45) is 4.31. The lowest BCUT2D eigenvalue weighted by Gasteiger charge is -2.02. The summed E-state index contributed by atoms with van der Waals surface area (Å²) in [6.45, 7) is 0.756. The fourth-order valence-electron chi connectivity index (χ4n) is 1.76. The third-order valence-electron chi connectivity index (χ3n) is 2.89. The largest absolute Gasteiger partial charge is 0.308 e. The number of halogens is 1. The summed E-state index contributed by atoms with van der Waals surface area (Å²) in [5.74, 6) is -0.252. The molecule has 1 aliphatic rings. The van der Waals surface area contributed by atoms with E-state index in [1.807, 2.05) is 12.1 Å². The standard InChI is InChI=1S/C13H14FN3/c14-12-3-1-2-4-13(12)17-8-7-11(16-17)9-15-10-5-6-10/h1-4,7-8,10,15H,5-6,9H2. The number of aromatic nitrogens is 2. The molecule has 1 aromatic carbocycles. The molecule has 0 atom stereocenters. The molecule has 17 heavy (non-hydrogen) atoms. The lowest BCUT2D eigenvalue weighted by atomic mass is 10.3. The maximum Gasteiger partial charge on any atom is 0.148 e. The van der Waals surface area contributed by atoms with Crippen LogP contribution in [0.15, 0.2) is 36.5 Å². The van der Waals surface area contributed by atoms with Crippen LogP contribution in [0.2, 0.25) is 0 Å². The van der Waals surface area contributed by atoms with E-state index in [2.05, 4.69) is 10.4 Å². The zero-order chi connectivity index (χ0) is 11.7. The van der Waals surface area contributed by atoms with Crippen molar-refractivity contribution in [3.05, 3.63) is 48.0 Å².